The molecular formula is C10H15NO3S. The van der Waals surface area contributed by atoms with Gasteiger partial charge in [-0.25, -0.2) is 4.79 Å². The standard InChI is InChI=1S/C10H15NO3S/c1-11(4-6-15-2)7-8-3-5-14-9(8)10(12)13/h3,5H,4,6-7H2,1-2H3,(H,12,13). The van der Waals surface area contributed by atoms with Gasteiger partial charge in [-0.1, -0.05) is 0 Å². The molecule has 0 atom stereocenters. The number of hydrogen-bond donors (Lipinski definition) is 1. The summed E-state index contributed by atoms with van der Waals surface area (Å²) in [6, 6.07) is 1.71. The smallest absolute Gasteiger partial charge is 0.372 e. The van der Waals surface area contributed by atoms with Crippen LogP contribution in [0.15, 0.2) is 16.7 Å². The van der Waals surface area contributed by atoms with E-state index in [1.807, 2.05) is 13.3 Å². The lowest BCUT2D eigenvalue weighted by atomic mass is 10.2. The molecule has 0 aliphatic rings. The van der Waals surface area contributed by atoms with Gasteiger partial charge in [0.15, 0.2) is 0 Å². The monoisotopic (exact) mass is 229 g/mol. The zero-order valence-corrected chi connectivity index (χ0v) is 9.71. The molecule has 0 fully saturated rings. The molecule has 0 aromatic carbocycles. The van der Waals surface area contributed by atoms with Crippen LogP contribution in [0.3, 0.4) is 0 Å². The fourth-order valence-corrected chi connectivity index (χ4v) is 1.76. The number of carboxylic acid groups (broad SMARTS) is 1. The van der Waals surface area contributed by atoms with E-state index >= 15 is 0 Å². The summed E-state index contributed by atoms with van der Waals surface area (Å²) in [5.41, 5.74) is 0.728. The molecule has 0 amide bonds. The average Bonchev–Trinajstić information content (AvgIpc) is 2.62. The highest BCUT2D eigenvalue weighted by atomic mass is 32.2. The van der Waals surface area contributed by atoms with E-state index < -0.39 is 5.97 Å². The summed E-state index contributed by atoms with van der Waals surface area (Å²) in [5, 5.41) is 8.83. The van der Waals surface area contributed by atoms with Crippen molar-refractivity contribution in [3.63, 3.8) is 0 Å². The molecule has 1 aromatic heterocycles. The van der Waals surface area contributed by atoms with Crippen molar-refractivity contribution in [2.24, 2.45) is 0 Å². The van der Waals surface area contributed by atoms with Gasteiger partial charge in [-0.15, -0.1) is 0 Å². The molecule has 0 radical (unpaired) electrons. The second-order valence-corrected chi connectivity index (χ2v) is 4.30. The number of hydrogen-bond acceptors (Lipinski definition) is 4. The van der Waals surface area contributed by atoms with Crippen LogP contribution < -0.4 is 0 Å². The van der Waals surface area contributed by atoms with Gasteiger partial charge in [0.25, 0.3) is 0 Å². The van der Waals surface area contributed by atoms with Crippen molar-refractivity contribution in [1.29, 1.82) is 0 Å². The molecular weight excluding hydrogens is 214 g/mol. The van der Waals surface area contributed by atoms with E-state index in [0.717, 1.165) is 17.9 Å². The van der Waals surface area contributed by atoms with Crippen molar-refractivity contribution in [2.45, 2.75) is 6.54 Å². The van der Waals surface area contributed by atoms with Crippen LogP contribution in [0.1, 0.15) is 16.1 Å². The van der Waals surface area contributed by atoms with Gasteiger partial charge in [0.05, 0.1) is 6.26 Å². The zero-order valence-electron chi connectivity index (χ0n) is 8.90. The van der Waals surface area contributed by atoms with Crippen LogP contribution in [0.5, 0.6) is 0 Å². The Hall–Kier alpha value is -0.940. The SMILES string of the molecule is CSCCN(C)Cc1ccoc1C(=O)O. The highest BCUT2D eigenvalue weighted by Crippen LogP contribution is 2.12. The minimum atomic E-state index is -1.01. The molecule has 1 aromatic rings. The number of aromatic carboxylic acids is 1. The van der Waals surface area contributed by atoms with Crippen LogP contribution in [-0.2, 0) is 6.54 Å². The van der Waals surface area contributed by atoms with Gasteiger partial charge < -0.3 is 14.4 Å². The molecule has 5 heteroatoms. The van der Waals surface area contributed by atoms with E-state index in [1.165, 1.54) is 6.26 Å². The largest absolute Gasteiger partial charge is 0.475 e. The topological polar surface area (TPSA) is 53.7 Å². The highest BCUT2D eigenvalue weighted by Gasteiger charge is 2.14. The van der Waals surface area contributed by atoms with Crippen molar-refractivity contribution >= 4 is 17.7 Å². The third-order valence-corrected chi connectivity index (χ3v) is 2.65. The van der Waals surface area contributed by atoms with Gasteiger partial charge >= 0.3 is 5.97 Å². The van der Waals surface area contributed by atoms with Crippen LogP contribution in [0, 0.1) is 0 Å². The van der Waals surface area contributed by atoms with E-state index in [4.69, 9.17) is 9.52 Å². The maximum atomic E-state index is 10.8. The molecule has 15 heavy (non-hydrogen) atoms. The fraction of sp³-hybridized carbons (Fsp3) is 0.500. The highest BCUT2D eigenvalue weighted by molar-refractivity contribution is 7.98. The van der Waals surface area contributed by atoms with Gasteiger partial charge in [0, 0.05) is 24.4 Å². The van der Waals surface area contributed by atoms with Crippen LogP contribution >= 0.6 is 11.8 Å². The van der Waals surface area contributed by atoms with Gasteiger partial charge in [-0.05, 0) is 19.4 Å². The predicted molar refractivity (Wildman–Crippen MR) is 60.4 cm³/mol. The predicted octanol–water partition coefficient (Wildman–Crippen LogP) is 1.77. The summed E-state index contributed by atoms with van der Waals surface area (Å²) < 4.78 is 4.90. The van der Waals surface area contributed by atoms with Gasteiger partial charge in [0.2, 0.25) is 5.76 Å². The summed E-state index contributed by atoms with van der Waals surface area (Å²) in [6.07, 6.45) is 3.47. The van der Waals surface area contributed by atoms with Crippen molar-refractivity contribution in [3.8, 4) is 0 Å². The maximum Gasteiger partial charge on any atom is 0.372 e. The van der Waals surface area contributed by atoms with Crippen LogP contribution in [-0.4, -0.2) is 41.6 Å². The first-order valence-corrected chi connectivity index (χ1v) is 6.01. The van der Waals surface area contributed by atoms with E-state index in [0.29, 0.717) is 6.54 Å². The average molecular weight is 229 g/mol. The Morgan fingerprint density at radius 3 is 3.00 bits per heavy atom. The molecule has 0 aliphatic carbocycles. The van der Waals surface area contributed by atoms with Crippen molar-refractivity contribution in [2.75, 3.05) is 25.6 Å². The molecule has 1 N–H and O–H groups in total. The number of rotatable bonds is 6. The van der Waals surface area contributed by atoms with E-state index in [1.54, 1.807) is 17.8 Å². The normalized spacial score (nSPS) is 10.9. The first kappa shape index (κ1) is 12.1. The number of nitrogens with zero attached hydrogens (tertiary/aromatic N) is 1. The number of thioether (sulfide) groups is 1. The Kier molecular flexibility index (Phi) is 4.71. The quantitative estimate of drug-likeness (QED) is 0.805. The van der Waals surface area contributed by atoms with Gasteiger partial charge in [0.1, 0.15) is 0 Å². The van der Waals surface area contributed by atoms with E-state index in [-0.39, 0.29) is 5.76 Å². The summed E-state index contributed by atoms with van der Waals surface area (Å²) in [7, 11) is 1.97. The first-order valence-electron chi connectivity index (χ1n) is 4.62. The molecule has 0 saturated heterocycles. The molecule has 0 unspecified atom stereocenters. The van der Waals surface area contributed by atoms with Crippen molar-refractivity contribution < 1.29 is 14.3 Å². The summed E-state index contributed by atoms with van der Waals surface area (Å²) in [5.74, 6) is 0.0794. The third-order valence-electron chi connectivity index (χ3n) is 2.06. The maximum absolute atomic E-state index is 10.8. The van der Waals surface area contributed by atoms with Gasteiger partial charge in [-0.3, -0.25) is 0 Å². The Bertz CT molecular complexity index is 324. The van der Waals surface area contributed by atoms with Crippen molar-refractivity contribution in [1.82, 2.24) is 4.90 Å². The van der Waals surface area contributed by atoms with E-state index in [2.05, 4.69) is 4.90 Å². The Labute approximate surface area is 93.3 Å². The minimum Gasteiger partial charge on any atom is -0.475 e. The summed E-state index contributed by atoms with van der Waals surface area (Å²) >= 11 is 1.77. The number of furan rings is 1. The summed E-state index contributed by atoms with van der Waals surface area (Å²) in [6.45, 7) is 1.55. The van der Waals surface area contributed by atoms with Crippen molar-refractivity contribution in [3.05, 3.63) is 23.7 Å². The second-order valence-electron chi connectivity index (χ2n) is 3.31. The van der Waals surface area contributed by atoms with E-state index in [9.17, 15) is 4.79 Å². The van der Waals surface area contributed by atoms with Crippen LogP contribution in [0.25, 0.3) is 0 Å². The Balaban J connectivity index is 2.56. The molecule has 1 rings (SSSR count). The number of carbonyl (C=O) groups is 1. The first-order chi connectivity index (χ1) is 7.15. The fourth-order valence-electron chi connectivity index (χ4n) is 1.26. The number of carboxylic acids is 1. The third kappa shape index (κ3) is 3.60. The molecule has 0 spiro atoms. The molecule has 1 heterocycles. The molecule has 0 bridgehead atoms. The molecule has 4 nitrogen and oxygen atoms in total. The molecule has 0 aliphatic heterocycles. The summed E-state index contributed by atoms with van der Waals surface area (Å²) in [4.78, 5) is 12.8. The van der Waals surface area contributed by atoms with Crippen LogP contribution in [0.4, 0.5) is 0 Å². The molecule has 84 valence electrons. The molecule has 0 saturated carbocycles. The zero-order chi connectivity index (χ0) is 11.3. The lowest BCUT2D eigenvalue weighted by Gasteiger charge is -2.14. The lowest BCUT2D eigenvalue weighted by molar-refractivity contribution is 0.0659. The second kappa shape index (κ2) is 5.82. The van der Waals surface area contributed by atoms with Gasteiger partial charge in [-0.2, -0.15) is 11.8 Å². The Morgan fingerprint density at radius 1 is 1.67 bits per heavy atom. The lowest BCUT2D eigenvalue weighted by Crippen LogP contribution is -2.21. The Morgan fingerprint density at radius 2 is 2.40 bits per heavy atom. The minimum absolute atomic E-state index is 0.0472. The van der Waals surface area contributed by atoms with Crippen LogP contribution in [0.2, 0.25) is 0 Å².